The Morgan fingerprint density at radius 3 is 3.08 bits per heavy atom. The summed E-state index contributed by atoms with van der Waals surface area (Å²) in [6.07, 6.45) is 5.39. The Balaban J connectivity index is 1.68. The molecule has 4 heterocycles. The van der Waals surface area contributed by atoms with Gasteiger partial charge in [-0.1, -0.05) is 6.92 Å². The summed E-state index contributed by atoms with van der Waals surface area (Å²) in [5.74, 6) is 0.586. The van der Waals surface area contributed by atoms with E-state index < -0.39 is 0 Å². The van der Waals surface area contributed by atoms with Gasteiger partial charge < -0.3 is 9.32 Å². The first-order valence-electron chi connectivity index (χ1n) is 8.12. The normalized spacial score (nSPS) is 21.3. The molecule has 0 N–H and O–H groups in total. The van der Waals surface area contributed by atoms with Crippen LogP contribution in [0.1, 0.15) is 41.1 Å². The molecule has 7 heteroatoms. The summed E-state index contributed by atoms with van der Waals surface area (Å²) in [4.78, 5) is 22.9. The molecule has 0 bridgehead atoms. The second-order valence-corrected chi connectivity index (χ2v) is 6.42. The third-order valence-corrected chi connectivity index (χ3v) is 4.79. The Hall–Kier alpha value is -2.70. The number of aromatic nitrogens is 4. The van der Waals surface area contributed by atoms with Crippen molar-refractivity contribution in [3.63, 3.8) is 0 Å². The highest BCUT2D eigenvalue weighted by Crippen LogP contribution is 2.33. The van der Waals surface area contributed by atoms with Crippen LogP contribution in [0, 0.1) is 12.8 Å². The summed E-state index contributed by atoms with van der Waals surface area (Å²) in [5.41, 5.74) is 3.27. The SMILES string of the molecule is Cc1cc([C@H]2CN(C(=O)c3cocn3)CCC2C)n2nccc2n1. The lowest BCUT2D eigenvalue weighted by molar-refractivity contribution is 0.0660. The quantitative estimate of drug-likeness (QED) is 0.722. The van der Waals surface area contributed by atoms with Crippen molar-refractivity contribution in [1.29, 1.82) is 0 Å². The monoisotopic (exact) mass is 325 g/mol. The van der Waals surface area contributed by atoms with Gasteiger partial charge in [-0.3, -0.25) is 4.79 Å². The van der Waals surface area contributed by atoms with Gasteiger partial charge in [0.25, 0.3) is 5.91 Å². The first-order chi connectivity index (χ1) is 11.6. The number of hydrogen-bond acceptors (Lipinski definition) is 5. The van der Waals surface area contributed by atoms with E-state index in [1.54, 1.807) is 6.20 Å². The van der Waals surface area contributed by atoms with E-state index in [9.17, 15) is 4.79 Å². The number of rotatable bonds is 2. The molecule has 4 rings (SSSR count). The Morgan fingerprint density at radius 2 is 2.29 bits per heavy atom. The molecule has 1 saturated heterocycles. The summed E-state index contributed by atoms with van der Waals surface area (Å²) in [6.45, 7) is 5.59. The van der Waals surface area contributed by atoms with E-state index >= 15 is 0 Å². The van der Waals surface area contributed by atoms with Gasteiger partial charge in [-0.2, -0.15) is 5.10 Å². The predicted molar refractivity (Wildman–Crippen MR) is 86.7 cm³/mol. The van der Waals surface area contributed by atoms with Crippen molar-refractivity contribution in [2.24, 2.45) is 5.92 Å². The summed E-state index contributed by atoms with van der Waals surface area (Å²) >= 11 is 0. The number of oxazole rings is 1. The molecule has 0 saturated carbocycles. The molecule has 0 aromatic carbocycles. The average molecular weight is 325 g/mol. The lowest BCUT2D eigenvalue weighted by atomic mass is 9.84. The van der Waals surface area contributed by atoms with E-state index in [1.807, 2.05) is 22.4 Å². The summed E-state index contributed by atoms with van der Waals surface area (Å²) in [5, 5.41) is 4.41. The molecule has 7 nitrogen and oxygen atoms in total. The molecule has 1 aliphatic rings. The van der Waals surface area contributed by atoms with E-state index in [4.69, 9.17) is 4.42 Å². The minimum Gasteiger partial charge on any atom is -0.451 e. The highest BCUT2D eigenvalue weighted by atomic mass is 16.3. The number of fused-ring (bicyclic) bond motifs is 1. The van der Waals surface area contributed by atoms with Crippen LogP contribution in [0.2, 0.25) is 0 Å². The van der Waals surface area contributed by atoms with Crippen molar-refractivity contribution in [3.05, 3.63) is 48.1 Å². The van der Waals surface area contributed by atoms with Crippen LogP contribution in [0.5, 0.6) is 0 Å². The van der Waals surface area contributed by atoms with Crippen LogP contribution < -0.4 is 0 Å². The second kappa shape index (κ2) is 5.74. The van der Waals surface area contributed by atoms with Gasteiger partial charge in [0.15, 0.2) is 17.7 Å². The molecule has 1 aliphatic heterocycles. The standard InChI is InChI=1S/C17H19N5O2/c1-11-4-6-21(17(23)14-9-24-10-18-14)8-13(11)15-7-12(2)20-16-3-5-19-22(15)16/h3,5,7,9-11,13H,4,6,8H2,1-2H3/t11?,13-/m0/s1. The topological polar surface area (TPSA) is 76.5 Å². The lowest BCUT2D eigenvalue weighted by Crippen LogP contribution is -2.42. The van der Waals surface area contributed by atoms with E-state index in [-0.39, 0.29) is 11.8 Å². The molecule has 3 aromatic heterocycles. The van der Waals surface area contributed by atoms with Gasteiger partial charge in [0.05, 0.1) is 11.9 Å². The summed E-state index contributed by atoms with van der Waals surface area (Å²) < 4.78 is 6.83. The highest BCUT2D eigenvalue weighted by molar-refractivity contribution is 5.92. The number of aryl methyl sites for hydroxylation is 1. The highest BCUT2D eigenvalue weighted by Gasteiger charge is 2.32. The molecule has 3 aromatic rings. The van der Waals surface area contributed by atoms with Crippen LogP contribution >= 0.6 is 0 Å². The smallest absolute Gasteiger partial charge is 0.275 e. The zero-order valence-corrected chi connectivity index (χ0v) is 13.7. The van der Waals surface area contributed by atoms with Crippen molar-refractivity contribution in [2.45, 2.75) is 26.2 Å². The van der Waals surface area contributed by atoms with Crippen molar-refractivity contribution >= 4 is 11.6 Å². The van der Waals surface area contributed by atoms with Gasteiger partial charge in [0.1, 0.15) is 6.26 Å². The number of carbonyl (C=O) groups excluding carboxylic acids is 1. The summed E-state index contributed by atoms with van der Waals surface area (Å²) in [7, 11) is 0. The molecular weight excluding hydrogens is 306 g/mol. The fraction of sp³-hybridized carbons (Fsp3) is 0.412. The van der Waals surface area contributed by atoms with Gasteiger partial charge in [-0.05, 0) is 25.3 Å². The average Bonchev–Trinajstić information content (AvgIpc) is 3.25. The Kier molecular flexibility index (Phi) is 3.55. The largest absolute Gasteiger partial charge is 0.451 e. The van der Waals surface area contributed by atoms with Gasteiger partial charge in [0.2, 0.25) is 0 Å². The van der Waals surface area contributed by atoms with E-state index in [0.717, 1.165) is 30.0 Å². The van der Waals surface area contributed by atoms with E-state index in [0.29, 0.717) is 18.2 Å². The fourth-order valence-corrected chi connectivity index (χ4v) is 3.45. The lowest BCUT2D eigenvalue weighted by Gasteiger charge is -2.37. The van der Waals surface area contributed by atoms with Crippen molar-refractivity contribution in [3.8, 4) is 0 Å². The molecule has 1 fully saturated rings. The third kappa shape index (κ3) is 2.46. The molecule has 1 amide bonds. The molecule has 124 valence electrons. The predicted octanol–water partition coefficient (Wildman–Crippen LogP) is 2.29. The van der Waals surface area contributed by atoms with Gasteiger partial charge in [-0.25, -0.2) is 14.5 Å². The number of hydrogen-bond donors (Lipinski definition) is 0. The zero-order valence-electron chi connectivity index (χ0n) is 13.7. The maximum absolute atomic E-state index is 12.6. The van der Waals surface area contributed by atoms with Gasteiger partial charge in [0, 0.05) is 30.8 Å². The van der Waals surface area contributed by atoms with Crippen molar-refractivity contribution in [1.82, 2.24) is 24.5 Å². The Morgan fingerprint density at radius 1 is 1.42 bits per heavy atom. The second-order valence-electron chi connectivity index (χ2n) is 6.42. The van der Waals surface area contributed by atoms with Crippen molar-refractivity contribution < 1.29 is 9.21 Å². The fourth-order valence-electron chi connectivity index (χ4n) is 3.45. The van der Waals surface area contributed by atoms with Crippen LogP contribution in [0.25, 0.3) is 5.65 Å². The van der Waals surface area contributed by atoms with Crippen LogP contribution in [0.4, 0.5) is 0 Å². The number of carbonyl (C=O) groups is 1. The molecule has 0 radical (unpaired) electrons. The van der Waals surface area contributed by atoms with Gasteiger partial charge in [-0.15, -0.1) is 0 Å². The molecule has 2 atom stereocenters. The third-order valence-electron chi connectivity index (χ3n) is 4.79. The number of likely N-dealkylation sites (tertiary alicyclic amines) is 1. The van der Waals surface area contributed by atoms with Crippen LogP contribution in [-0.4, -0.2) is 43.5 Å². The van der Waals surface area contributed by atoms with Gasteiger partial charge >= 0.3 is 0 Å². The number of piperidine rings is 1. The van der Waals surface area contributed by atoms with E-state index in [1.165, 1.54) is 12.7 Å². The maximum Gasteiger partial charge on any atom is 0.275 e. The zero-order chi connectivity index (χ0) is 16.7. The van der Waals surface area contributed by atoms with Crippen LogP contribution in [0.15, 0.2) is 35.4 Å². The molecular formula is C17H19N5O2. The number of amides is 1. The van der Waals surface area contributed by atoms with Crippen LogP contribution in [0.3, 0.4) is 0 Å². The minimum absolute atomic E-state index is 0.0804. The number of nitrogens with zero attached hydrogens (tertiary/aromatic N) is 5. The van der Waals surface area contributed by atoms with Crippen molar-refractivity contribution in [2.75, 3.05) is 13.1 Å². The molecule has 1 unspecified atom stereocenters. The molecule has 24 heavy (non-hydrogen) atoms. The maximum atomic E-state index is 12.6. The first kappa shape index (κ1) is 14.9. The van der Waals surface area contributed by atoms with E-state index in [2.05, 4.69) is 28.1 Å². The Bertz CT molecular complexity index is 870. The first-order valence-corrected chi connectivity index (χ1v) is 8.12. The molecule has 0 aliphatic carbocycles. The Labute approximate surface area is 139 Å². The molecule has 0 spiro atoms. The minimum atomic E-state index is -0.0804. The van der Waals surface area contributed by atoms with Crippen LogP contribution in [-0.2, 0) is 0 Å². The summed E-state index contributed by atoms with van der Waals surface area (Å²) in [6, 6.07) is 3.98.